The van der Waals surface area contributed by atoms with Crippen molar-refractivity contribution in [1.29, 1.82) is 0 Å². The molecule has 76 valence electrons. The van der Waals surface area contributed by atoms with Gasteiger partial charge in [-0.2, -0.15) is 0 Å². The summed E-state index contributed by atoms with van der Waals surface area (Å²) in [5.74, 6) is -0.341. The maximum Gasteiger partial charge on any atom is 0.148 e. The van der Waals surface area contributed by atoms with Crippen LogP contribution in [0, 0.1) is 5.82 Å². The lowest BCUT2D eigenvalue weighted by atomic mass is 9.89. The van der Waals surface area contributed by atoms with Crippen molar-refractivity contribution in [1.82, 2.24) is 0 Å². The number of hydrogen-bond donors (Lipinski definition) is 3. The average molecular weight is 196 g/mol. The number of nitrogen functional groups attached to an aromatic ring is 1. The van der Waals surface area contributed by atoms with Crippen LogP contribution in [0.2, 0.25) is 0 Å². The number of benzene rings is 1. The topological polar surface area (TPSA) is 58.3 Å². The van der Waals surface area contributed by atoms with Gasteiger partial charge < -0.3 is 16.2 Å². The molecule has 3 nitrogen and oxygen atoms in total. The van der Waals surface area contributed by atoms with Crippen LogP contribution >= 0.6 is 0 Å². The third-order valence-corrected chi connectivity index (χ3v) is 2.47. The first kappa shape index (κ1) is 9.27. The van der Waals surface area contributed by atoms with Crippen LogP contribution in [-0.4, -0.2) is 17.3 Å². The van der Waals surface area contributed by atoms with Gasteiger partial charge >= 0.3 is 0 Å². The van der Waals surface area contributed by atoms with E-state index in [2.05, 4.69) is 5.32 Å². The predicted octanol–water partition coefficient (Wildman–Crippen LogP) is 1.34. The maximum atomic E-state index is 13.3. The smallest absolute Gasteiger partial charge is 0.148 e. The Bertz CT molecular complexity index is 337. The van der Waals surface area contributed by atoms with E-state index in [0.717, 1.165) is 0 Å². The van der Waals surface area contributed by atoms with Crippen LogP contribution in [0.1, 0.15) is 12.8 Å². The molecule has 0 radical (unpaired) electrons. The summed E-state index contributed by atoms with van der Waals surface area (Å²) in [5, 5.41) is 12.1. The Morgan fingerprint density at radius 2 is 2.14 bits per heavy atom. The lowest BCUT2D eigenvalue weighted by Gasteiger charge is -2.32. The Morgan fingerprint density at radius 1 is 1.43 bits per heavy atom. The first-order chi connectivity index (χ1) is 6.65. The van der Waals surface area contributed by atoms with Gasteiger partial charge in [0.15, 0.2) is 0 Å². The third kappa shape index (κ3) is 1.80. The first-order valence-corrected chi connectivity index (χ1v) is 4.65. The Balaban J connectivity index is 2.02. The summed E-state index contributed by atoms with van der Waals surface area (Å²) in [7, 11) is 0. The maximum absolute atomic E-state index is 13.3. The summed E-state index contributed by atoms with van der Waals surface area (Å²) in [6.07, 6.45) is 1.14. The number of nitrogens with one attached hydrogen (secondary N) is 1. The molecule has 4 N–H and O–H groups in total. The molecule has 4 heteroatoms. The molecule has 0 heterocycles. The number of anilines is 2. The van der Waals surface area contributed by atoms with Gasteiger partial charge in [-0.05, 0) is 31.0 Å². The minimum atomic E-state index is -0.341. The number of rotatable bonds is 2. The number of nitrogens with two attached hydrogens (primary N) is 1. The summed E-state index contributed by atoms with van der Waals surface area (Å²) in [6, 6.07) is 4.75. The fourth-order valence-electron chi connectivity index (χ4n) is 1.57. The van der Waals surface area contributed by atoms with E-state index in [1.807, 2.05) is 0 Å². The largest absolute Gasteiger partial charge is 0.399 e. The second kappa shape index (κ2) is 3.46. The summed E-state index contributed by atoms with van der Waals surface area (Å²) < 4.78 is 13.3. The van der Waals surface area contributed by atoms with E-state index in [1.165, 1.54) is 6.07 Å². The molecule has 0 atom stereocenters. The number of halogens is 1. The highest BCUT2D eigenvalue weighted by Crippen LogP contribution is 2.26. The molecule has 0 amide bonds. The van der Waals surface area contributed by atoms with E-state index in [9.17, 15) is 4.39 Å². The fourth-order valence-corrected chi connectivity index (χ4v) is 1.57. The van der Waals surface area contributed by atoms with Crippen molar-refractivity contribution >= 4 is 11.4 Å². The molecule has 0 bridgehead atoms. The van der Waals surface area contributed by atoms with E-state index < -0.39 is 0 Å². The Labute approximate surface area is 81.7 Å². The fraction of sp³-hybridized carbons (Fsp3) is 0.400. The normalized spacial score (nSPS) is 25.6. The van der Waals surface area contributed by atoms with Gasteiger partial charge in [-0.3, -0.25) is 0 Å². The van der Waals surface area contributed by atoms with Crippen molar-refractivity contribution in [3.05, 3.63) is 24.0 Å². The SMILES string of the molecule is Nc1ccc(NC2CC(O)C2)c(F)c1. The third-order valence-electron chi connectivity index (χ3n) is 2.47. The zero-order chi connectivity index (χ0) is 10.1. The van der Waals surface area contributed by atoms with Gasteiger partial charge in [0.1, 0.15) is 5.82 Å². The van der Waals surface area contributed by atoms with E-state index in [0.29, 0.717) is 24.2 Å². The molecule has 1 aliphatic carbocycles. The Hall–Kier alpha value is -1.29. The summed E-state index contributed by atoms with van der Waals surface area (Å²) in [5.41, 5.74) is 6.29. The molecular formula is C10H13FN2O. The predicted molar refractivity (Wildman–Crippen MR) is 53.5 cm³/mol. The summed E-state index contributed by atoms with van der Waals surface area (Å²) >= 11 is 0. The second-order valence-electron chi connectivity index (χ2n) is 3.71. The molecule has 0 aromatic heterocycles. The van der Waals surface area contributed by atoms with E-state index in [1.54, 1.807) is 12.1 Å². The number of aliphatic hydroxyl groups excluding tert-OH is 1. The second-order valence-corrected chi connectivity index (χ2v) is 3.71. The first-order valence-electron chi connectivity index (χ1n) is 4.65. The van der Waals surface area contributed by atoms with Crippen LogP contribution in [0.15, 0.2) is 18.2 Å². The van der Waals surface area contributed by atoms with Gasteiger partial charge in [-0.1, -0.05) is 0 Å². The Kier molecular flexibility index (Phi) is 2.29. The zero-order valence-electron chi connectivity index (χ0n) is 7.70. The summed E-state index contributed by atoms with van der Waals surface area (Å²) in [6.45, 7) is 0. The van der Waals surface area contributed by atoms with Crippen LogP contribution in [0.4, 0.5) is 15.8 Å². The minimum Gasteiger partial charge on any atom is -0.399 e. The monoisotopic (exact) mass is 196 g/mol. The highest BCUT2D eigenvalue weighted by Gasteiger charge is 2.27. The highest BCUT2D eigenvalue weighted by atomic mass is 19.1. The molecule has 1 aromatic rings. The number of hydrogen-bond acceptors (Lipinski definition) is 3. The quantitative estimate of drug-likeness (QED) is 0.626. The zero-order valence-corrected chi connectivity index (χ0v) is 7.70. The van der Waals surface area contributed by atoms with Crippen LogP contribution in [0.3, 0.4) is 0 Å². The summed E-state index contributed by atoms with van der Waals surface area (Å²) in [4.78, 5) is 0. The molecule has 0 spiro atoms. The Morgan fingerprint density at radius 3 is 2.71 bits per heavy atom. The van der Waals surface area contributed by atoms with Crippen molar-refractivity contribution in [2.24, 2.45) is 0 Å². The van der Waals surface area contributed by atoms with E-state index >= 15 is 0 Å². The molecular weight excluding hydrogens is 183 g/mol. The van der Waals surface area contributed by atoms with Crippen molar-refractivity contribution in [3.8, 4) is 0 Å². The van der Waals surface area contributed by atoms with Crippen molar-refractivity contribution < 1.29 is 9.50 Å². The lowest BCUT2D eigenvalue weighted by Crippen LogP contribution is -2.39. The van der Waals surface area contributed by atoms with Gasteiger partial charge in [0.25, 0.3) is 0 Å². The van der Waals surface area contributed by atoms with Gasteiger partial charge in [0, 0.05) is 11.7 Å². The minimum absolute atomic E-state index is 0.183. The molecule has 1 aliphatic rings. The standard InChI is InChI=1S/C10H13FN2O/c11-9-3-6(12)1-2-10(9)13-7-4-8(14)5-7/h1-3,7-8,13-14H,4-5,12H2. The molecule has 1 saturated carbocycles. The van der Waals surface area contributed by atoms with E-state index in [4.69, 9.17) is 10.8 Å². The van der Waals surface area contributed by atoms with E-state index in [-0.39, 0.29) is 18.0 Å². The van der Waals surface area contributed by atoms with Crippen LogP contribution in [0.5, 0.6) is 0 Å². The van der Waals surface area contributed by atoms with Crippen LogP contribution in [-0.2, 0) is 0 Å². The van der Waals surface area contributed by atoms with Crippen molar-refractivity contribution in [2.45, 2.75) is 25.0 Å². The molecule has 0 saturated heterocycles. The van der Waals surface area contributed by atoms with Gasteiger partial charge in [-0.15, -0.1) is 0 Å². The van der Waals surface area contributed by atoms with Crippen LogP contribution < -0.4 is 11.1 Å². The average Bonchev–Trinajstić information content (AvgIpc) is 2.06. The highest BCUT2D eigenvalue weighted by molar-refractivity contribution is 5.53. The molecule has 2 rings (SSSR count). The molecule has 0 aliphatic heterocycles. The van der Waals surface area contributed by atoms with Crippen LogP contribution in [0.25, 0.3) is 0 Å². The number of aliphatic hydroxyl groups is 1. The molecule has 0 unspecified atom stereocenters. The van der Waals surface area contributed by atoms with Crippen molar-refractivity contribution in [3.63, 3.8) is 0 Å². The van der Waals surface area contributed by atoms with Gasteiger partial charge in [0.2, 0.25) is 0 Å². The molecule has 1 aromatic carbocycles. The van der Waals surface area contributed by atoms with Crippen molar-refractivity contribution in [2.75, 3.05) is 11.1 Å². The molecule has 14 heavy (non-hydrogen) atoms. The van der Waals surface area contributed by atoms with Gasteiger partial charge in [0.05, 0.1) is 11.8 Å². The molecule has 1 fully saturated rings. The lowest BCUT2D eigenvalue weighted by molar-refractivity contribution is 0.0835. The van der Waals surface area contributed by atoms with Gasteiger partial charge in [-0.25, -0.2) is 4.39 Å².